The third-order valence-electron chi connectivity index (χ3n) is 3.64. The van der Waals surface area contributed by atoms with Gasteiger partial charge >= 0.3 is 5.97 Å². The third kappa shape index (κ3) is 4.76. The minimum absolute atomic E-state index is 0.0151. The molecule has 0 atom stereocenters. The summed E-state index contributed by atoms with van der Waals surface area (Å²) < 4.78 is 0. The van der Waals surface area contributed by atoms with E-state index < -0.39 is 5.97 Å². The number of hydrogen-bond acceptors (Lipinski definition) is 3. The van der Waals surface area contributed by atoms with E-state index in [1.54, 1.807) is 4.90 Å². The average Bonchev–Trinajstić information content (AvgIpc) is 3.28. The first kappa shape index (κ1) is 16.3. The molecule has 5 nitrogen and oxygen atoms in total. The number of hydrogen-bond donors (Lipinski definition) is 1. The highest BCUT2D eigenvalue weighted by Crippen LogP contribution is 2.28. The highest BCUT2D eigenvalue weighted by atomic mass is 16.4. The van der Waals surface area contributed by atoms with Gasteiger partial charge in [0, 0.05) is 18.3 Å². The van der Waals surface area contributed by atoms with E-state index in [-0.39, 0.29) is 19.0 Å². The first-order valence-electron chi connectivity index (χ1n) is 7.78. The number of carboxylic acids is 1. The van der Waals surface area contributed by atoms with Gasteiger partial charge in [-0.2, -0.15) is 0 Å². The molecule has 2 rings (SSSR count). The second kappa shape index (κ2) is 7.29. The number of carbonyl (C=O) groups excluding carboxylic acids is 1. The number of anilines is 1. The molecule has 120 valence electrons. The van der Waals surface area contributed by atoms with Crippen molar-refractivity contribution in [3.05, 3.63) is 30.3 Å². The van der Waals surface area contributed by atoms with Crippen LogP contribution in [-0.4, -0.2) is 47.6 Å². The predicted molar refractivity (Wildman–Crippen MR) is 85.9 cm³/mol. The van der Waals surface area contributed by atoms with E-state index in [1.807, 2.05) is 35.2 Å². The fourth-order valence-corrected chi connectivity index (χ4v) is 2.53. The van der Waals surface area contributed by atoms with Gasteiger partial charge in [-0.25, -0.2) is 0 Å². The van der Waals surface area contributed by atoms with Gasteiger partial charge in [0.1, 0.15) is 6.54 Å². The summed E-state index contributed by atoms with van der Waals surface area (Å²) in [5, 5.41) is 9.10. The van der Waals surface area contributed by atoms with Crippen LogP contribution in [0, 0.1) is 5.92 Å². The lowest BCUT2D eigenvalue weighted by molar-refractivity contribution is -0.135. The molecule has 0 bridgehead atoms. The van der Waals surface area contributed by atoms with Crippen LogP contribution in [0.2, 0.25) is 0 Å². The van der Waals surface area contributed by atoms with Crippen molar-refractivity contribution in [2.45, 2.75) is 32.7 Å². The van der Waals surface area contributed by atoms with Crippen molar-refractivity contribution in [3.63, 3.8) is 0 Å². The lowest BCUT2D eigenvalue weighted by Crippen LogP contribution is -2.44. The monoisotopic (exact) mass is 304 g/mol. The number of benzene rings is 1. The van der Waals surface area contributed by atoms with Gasteiger partial charge < -0.3 is 14.9 Å². The molecular formula is C17H24N2O3. The summed E-state index contributed by atoms with van der Waals surface area (Å²) in [7, 11) is 0. The second-order valence-corrected chi connectivity index (χ2v) is 6.26. The molecule has 1 saturated carbocycles. The molecule has 0 spiro atoms. The van der Waals surface area contributed by atoms with Crippen LogP contribution in [0.4, 0.5) is 5.69 Å². The van der Waals surface area contributed by atoms with Crippen LogP contribution in [0.15, 0.2) is 30.3 Å². The molecule has 0 saturated heterocycles. The van der Waals surface area contributed by atoms with E-state index in [0.717, 1.165) is 25.1 Å². The summed E-state index contributed by atoms with van der Waals surface area (Å²) in [6, 6.07) is 9.58. The van der Waals surface area contributed by atoms with Crippen LogP contribution in [0.1, 0.15) is 26.7 Å². The number of aliphatic carboxylic acids is 1. The zero-order chi connectivity index (χ0) is 16.1. The molecule has 1 aromatic carbocycles. The standard InChI is InChI=1S/C17H24N2O3/c1-13(2)10-19(15-8-9-15)16(20)11-18(12-17(21)22)14-6-4-3-5-7-14/h3-7,13,15H,8-12H2,1-2H3,(H,21,22). The topological polar surface area (TPSA) is 60.9 Å². The molecule has 1 aliphatic carbocycles. The average molecular weight is 304 g/mol. The fourth-order valence-electron chi connectivity index (χ4n) is 2.53. The lowest BCUT2D eigenvalue weighted by Gasteiger charge is -2.29. The van der Waals surface area contributed by atoms with E-state index in [4.69, 9.17) is 5.11 Å². The van der Waals surface area contributed by atoms with Crippen LogP contribution in [0.3, 0.4) is 0 Å². The van der Waals surface area contributed by atoms with Gasteiger partial charge in [-0.15, -0.1) is 0 Å². The first-order chi connectivity index (χ1) is 10.5. The zero-order valence-electron chi connectivity index (χ0n) is 13.2. The number of carboxylic acid groups (broad SMARTS) is 1. The summed E-state index contributed by atoms with van der Waals surface area (Å²) >= 11 is 0. The van der Waals surface area contributed by atoms with E-state index in [1.165, 1.54) is 0 Å². The molecule has 0 aromatic heterocycles. The molecule has 1 N–H and O–H groups in total. The maximum atomic E-state index is 12.6. The Bertz CT molecular complexity index is 512. The van der Waals surface area contributed by atoms with E-state index in [0.29, 0.717) is 12.0 Å². The minimum atomic E-state index is -0.932. The SMILES string of the molecule is CC(C)CN(C(=O)CN(CC(=O)O)c1ccccc1)C1CC1. The fraction of sp³-hybridized carbons (Fsp3) is 0.529. The van der Waals surface area contributed by atoms with Crippen LogP contribution in [0.5, 0.6) is 0 Å². The summed E-state index contributed by atoms with van der Waals surface area (Å²) in [6.07, 6.45) is 2.12. The summed E-state index contributed by atoms with van der Waals surface area (Å²) in [5.74, 6) is -0.506. The minimum Gasteiger partial charge on any atom is -0.480 e. The Balaban J connectivity index is 2.08. The molecule has 0 unspecified atom stereocenters. The van der Waals surface area contributed by atoms with Gasteiger partial charge in [-0.3, -0.25) is 9.59 Å². The molecule has 5 heteroatoms. The van der Waals surface area contributed by atoms with Crippen molar-refractivity contribution in [1.29, 1.82) is 0 Å². The largest absolute Gasteiger partial charge is 0.480 e. The molecule has 1 fully saturated rings. The van der Waals surface area contributed by atoms with Crippen molar-refractivity contribution in [2.24, 2.45) is 5.92 Å². The van der Waals surface area contributed by atoms with Gasteiger partial charge in [0.25, 0.3) is 0 Å². The number of nitrogens with zero attached hydrogens (tertiary/aromatic N) is 2. The smallest absolute Gasteiger partial charge is 0.323 e. The lowest BCUT2D eigenvalue weighted by atomic mass is 10.2. The van der Waals surface area contributed by atoms with Gasteiger partial charge in [0.05, 0.1) is 6.54 Å². The Morgan fingerprint density at radius 3 is 2.32 bits per heavy atom. The van der Waals surface area contributed by atoms with Crippen LogP contribution < -0.4 is 4.90 Å². The van der Waals surface area contributed by atoms with Crippen molar-refractivity contribution in [1.82, 2.24) is 4.90 Å². The number of amides is 1. The van der Waals surface area contributed by atoms with Crippen molar-refractivity contribution in [3.8, 4) is 0 Å². The summed E-state index contributed by atoms with van der Waals surface area (Å²) in [5.41, 5.74) is 0.763. The molecular weight excluding hydrogens is 280 g/mol. The van der Waals surface area contributed by atoms with Crippen LogP contribution >= 0.6 is 0 Å². The number of carbonyl (C=O) groups is 2. The Kier molecular flexibility index (Phi) is 5.41. The third-order valence-corrected chi connectivity index (χ3v) is 3.64. The Hall–Kier alpha value is -2.04. The molecule has 1 amide bonds. The number of rotatable bonds is 8. The van der Waals surface area contributed by atoms with Crippen molar-refractivity contribution < 1.29 is 14.7 Å². The predicted octanol–water partition coefficient (Wildman–Crippen LogP) is 2.22. The molecule has 0 heterocycles. The summed E-state index contributed by atoms with van der Waals surface area (Å²) in [6.45, 7) is 4.86. The van der Waals surface area contributed by atoms with E-state index in [9.17, 15) is 9.59 Å². The molecule has 22 heavy (non-hydrogen) atoms. The molecule has 1 aliphatic rings. The highest BCUT2D eigenvalue weighted by molar-refractivity contribution is 5.84. The maximum Gasteiger partial charge on any atom is 0.323 e. The van der Waals surface area contributed by atoms with Crippen molar-refractivity contribution >= 4 is 17.6 Å². The molecule has 0 radical (unpaired) electrons. The van der Waals surface area contributed by atoms with Crippen molar-refractivity contribution in [2.75, 3.05) is 24.5 Å². The number of para-hydroxylation sites is 1. The highest BCUT2D eigenvalue weighted by Gasteiger charge is 2.33. The zero-order valence-corrected chi connectivity index (χ0v) is 13.2. The first-order valence-corrected chi connectivity index (χ1v) is 7.78. The molecule has 1 aromatic rings. The van der Waals surface area contributed by atoms with Gasteiger partial charge in [-0.05, 0) is 30.9 Å². The Morgan fingerprint density at radius 1 is 1.18 bits per heavy atom. The summed E-state index contributed by atoms with van der Waals surface area (Å²) in [4.78, 5) is 27.3. The second-order valence-electron chi connectivity index (χ2n) is 6.26. The van der Waals surface area contributed by atoms with E-state index >= 15 is 0 Å². The van der Waals surface area contributed by atoms with E-state index in [2.05, 4.69) is 13.8 Å². The van der Waals surface area contributed by atoms with Gasteiger partial charge in [-0.1, -0.05) is 32.0 Å². The van der Waals surface area contributed by atoms with Crippen LogP contribution in [0.25, 0.3) is 0 Å². The maximum absolute atomic E-state index is 12.6. The van der Waals surface area contributed by atoms with Gasteiger partial charge in [0.2, 0.25) is 5.91 Å². The quantitative estimate of drug-likeness (QED) is 0.800. The van der Waals surface area contributed by atoms with Crippen LogP contribution in [-0.2, 0) is 9.59 Å². The van der Waals surface area contributed by atoms with Gasteiger partial charge in [0.15, 0.2) is 0 Å². The molecule has 0 aliphatic heterocycles. The Labute approximate surface area is 131 Å². The Morgan fingerprint density at radius 2 is 1.82 bits per heavy atom. The normalized spacial score (nSPS) is 14.0.